The van der Waals surface area contributed by atoms with E-state index in [1.54, 1.807) is 7.11 Å². The van der Waals surface area contributed by atoms with Gasteiger partial charge in [0.15, 0.2) is 5.69 Å². The Bertz CT molecular complexity index is 1200. The van der Waals surface area contributed by atoms with E-state index in [-0.39, 0.29) is 11.3 Å². The second-order valence-corrected chi connectivity index (χ2v) is 6.07. The van der Waals surface area contributed by atoms with Gasteiger partial charge in [-0.25, -0.2) is 4.98 Å². The zero-order valence-electron chi connectivity index (χ0n) is 15.2. The Labute approximate surface area is 161 Å². The van der Waals surface area contributed by atoms with E-state index in [2.05, 4.69) is 20.5 Å². The van der Waals surface area contributed by atoms with Crippen LogP contribution in [0.1, 0.15) is 11.3 Å². The Hall–Kier alpha value is -3.93. The minimum atomic E-state index is -0.321. The topological polar surface area (TPSA) is 79.4 Å². The van der Waals surface area contributed by atoms with E-state index in [9.17, 15) is 4.79 Å². The first kappa shape index (κ1) is 17.5. The van der Waals surface area contributed by atoms with E-state index >= 15 is 0 Å². The number of hydrogen-bond donors (Lipinski definition) is 2. The van der Waals surface area contributed by atoms with Gasteiger partial charge < -0.3 is 9.72 Å². The summed E-state index contributed by atoms with van der Waals surface area (Å²) in [6, 6.07) is 24.3. The van der Waals surface area contributed by atoms with Crippen molar-refractivity contribution < 1.29 is 4.74 Å². The summed E-state index contributed by atoms with van der Waals surface area (Å²) >= 11 is 0. The van der Waals surface area contributed by atoms with Crippen LogP contribution in [-0.2, 0) is 0 Å². The molecule has 0 saturated carbocycles. The standard InChI is InChI=1S/C22H18N4O2/c1-28-19-14-8-5-11-16(19)20(26-25-15-9-3-2-4-10-15)21-22(27)24-18-13-7-6-12-17(18)23-21/h2-14,25H,1H3,(H,24,27)/b26-20-. The quantitative estimate of drug-likeness (QED) is 0.414. The second-order valence-electron chi connectivity index (χ2n) is 6.07. The molecule has 0 spiro atoms. The number of nitrogens with zero attached hydrogens (tertiary/aromatic N) is 2. The number of anilines is 1. The SMILES string of the molecule is COc1ccccc1/C(=N/Nc1ccccc1)c1nc2ccccc2[nH]c1=O. The predicted octanol–water partition coefficient (Wildman–Crippen LogP) is 3.80. The van der Waals surface area contributed by atoms with Gasteiger partial charge in [-0.2, -0.15) is 5.10 Å². The third kappa shape index (κ3) is 3.48. The first-order valence-corrected chi connectivity index (χ1v) is 8.78. The molecule has 0 radical (unpaired) electrons. The summed E-state index contributed by atoms with van der Waals surface area (Å²) in [4.78, 5) is 20.2. The van der Waals surface area contributed by atoms with Crippen molar-refractivity contribution in [1.29, 1.82) is 0 Å². The van der Waals surface area contributed by atoms with Crippen LogP contribution in [0.2, 0.25) is 0 Å². The van der Waals surface area contributed by atoms with Gasteiger partial charge in [0.05, 0.1) is 23.8 Å². The van der Waals surface area contributed by atoms with Crippen LogP contribution < -0.4 is 15.7 Å². The summed E-state index contributed by atoms with van der Waals surface area (Å²) in [6.45, 7) is 0. The zero-order valence-corrected chi connectivity index (χ0v) is 15.2. The van der Waals surface area contributed by atoms with Gasteiger partial charge in [0.2, 0.25) is 0 Å². The Morgan fingerprint density at radius 3 is 2.50 bits per heavy atom. The molecule has 28 heavy (non-hydrogen) atoms. The van der Waals surface area contributed by atoms with Gasteiger partial charge >= 0.3 is 0 Å². The van der Waals surface area contributed by atoms with Crippen molar-refractivity contribution in [1.82, 2.24) is 9.97 Å². The number of fused-ring (bicyclic) bond motifs is 1. The van der Waals surface area contributed by atoms with E-state index in [0.717, 1.165) is 5.69 Å². The molecule has 2 N–H and O–H groups in total. The minimum absolute atomic E-state index is 0.214. The predicted molar refractivity (Wildman–Crippen MR) is 111 cm³/mol. The molecule has 4 rings (SSSR count). The lowest BCUT2D eigenvalue weighted by atomic mass is 10.1. The van der Waals surface area contributed by atoms with Crippen LogP contribution in [0.4, 0.5) is 5.69 Å². The summed E-state index contributed by atoms with van der Waals surface area (Å²) in [5.74, 6) is 0.602. The van der Waals surface area contributed by atoms with Crippen LogP contribution in [0.25, 0.3) is 11.0 Å². The molecular weight excluding hydrogens is 352 g/mol. The van der Waals surface area contributed by atoms with Crippen molar-refractivity contribution in [3.63, 3.8) is 0 Å². The molecule has 0 aliphatic rings. The highest BCUT2D eigenvalue weighted by Crippen LogP contribution is 2.21. The summed E-state index contributed by atoms with van der Waals surface area (Å²) in [5.41, 5.74) is 6.12. The molecule has 3 aromatic carbocycles. The number of methoxy groups -OCH3 is 1. The monoisotopic (exact) mass is 370 g/mol. The number of aromatic nitrogens is 2. The summed E-state index contributed by atoms with van der Waals surface area (Å²) in [7, 11) is 1.58. The Morgan fingerprint density at radius 1 is 0.964 bits per heavy atom. The lowest BCUT2D eigenvalue weighted by Crippen LogP contribution is -2.23. The number of hydrazone groups is 1. The lowest BCUT2D eigenvalue weighted by Gasteiger charge is -2.11. The van der Waals surface area contributed by atoms with Gasteiger partial charge in [0.1, 0.15) is 11.5 Å². The smallest absolute Gasteiger partial charge is 0.276 e. The van der Waals surface area contributed by atoms with Gasteiger partial charge in [0, 0.05) is 5.56 Å². The fourth-order valence-electron chi connectivity index (χ4n) is 2.90. The van der Waals surface area contributed by atoms with Gasteiger partial charge in [-0.1, -0.05) is 42.5 Å². The molecule has 138 valence electrons. The number of aromatic amines is 1. The highest BCUT2D eigenvalue weighted by molar-refractivity contribution is 6.13. The lowest BCUT2D eigenvalue weighted by molar-refractivity contribution is 0.414. The van der Waals surface area contributed by atoms with Gasteiger partial charge in [-0.15, -0.1) is 0 Å². The number of H-pyrrole nitrogens is 1. The van der Waals surface area contributed by atoms with Crippen LogP contribution in [0.15, 0.2) is 88.8 Å². The second kappa shape index (κ2) is 7.75. The van der Waals surface area contributed by atoms with Crippen molar-refractivity contribution in [2.45, 2.75) is 0 Å². The maximum Gasteiger partial charge on any atom is 0.276 e. The fourth-order valence-corrected chi connectivity index (χ4v) is 2.90. The Morgan fingerprint density at radius 2 is 1.68 bits per heavy atom. The van der Waals surface area contributed by atoms with Crippen molar-refractivity contribution in [2.24, 2.45) is 5.10 Å². The first-order valence-electron chi connectivity index (χ1n) is 8.78. The van der Waals surface area contributed by atoms with Gasteiger partial charge in [-0.3, -0.25) is 10.2 Å². The van der Waals surface area contributed by atoms with E-state index in [1.807, 2.05) is 78.9 Å². The third-order valence-electron chi connectivity index (χ3n) is 4.26. The molecule has 1 heterocycles. The van der Waals surface area contributed by atoms with E-state index in [4.69, 9.17) is 4.74 Å². The number of benzene rings is 3. The van der Waals surface area contributed by atoms with Crippen molar-refractivity contribution >= 4 is 22.4 Å². The van der Waals surface area contributed by atoms with Gasteiger partial charge in [-0.05, 0) is 36.4 Å². The Kier molecular flexibility index (Phi) is 4.84. The number of ether oxygens (including phenoxy) is 1. The number of nitrogens with one attached hydrogen (secondary N) is 2. The molecule has 0 unspecified atom stereocenters. The summed E-state index contributed by atoms with van der Waals surface area (Å²) in [5, 5.41) is 4.51. The minimum Gasteiger partial charge on any atom is -0.496 e. The normalized spacial score (nSPS) is 11.4. The molecule has 6 nitrogen and oxygen atoms in total. The van der Waals surface area contributed by atoms with Crippen LogP contribution in [0.3, 0.4) is 0 Å². The molecule has 0 fully saturated rings. The van der Waals surface area contributed by atoms with Crippen molar-refractivity contribution in [3.8, 4) is 5.75 Å². The largest absolute Gasteiger partial charge is 0.496 e. The van der Waals surface area contributed by atoms with E-state index < -0.39 is 0 Å². The molecule has 0 saturated heterocycles. The molecule has 0 atom stereocenters. The maximum absolute atomic E-state index is 12.8. The Balaban J connectivity index is 1.90. The maximum atomic E-state index is 12.8. The van der Waals surface area contributed by atoms with Crippen LogP contribution >= 0.6 is 0 Å². The van der Waals surface area contributed by atoms with Crippen LogP contribution in [0, 0.1) is 0 Å². The fraction of sp³-hybridized carbons (Fsp3) is 0.0455. The molecule has 6 heteroatoms. The molecular formula is C22H18N4O2. The third-order valence-corrected chi connectivity index (χ3v) is 4.26. The van der Waals surface area contributed by atoms with Crippen LogP contribution in [-0.4, -0.2) is 22.8 Å². The molecule has 0 bridgehead atoms. The van der Waals surface area contributed by atoms with Crippen molar-refractivity contribution in [3.05, 3.63) is 100 Å². The average molecular weight is 370 g/mol. The first-order chi connectivity index (χ1) is 13.8. The number of hydrogen-bond acceptors (Lipinski definition) is 5. The summed E-state index contributed by atoms with van der Waals surface area (Å²) in [6.07, 6.45) is 0. The average Bonchev–Trinajstić information content (AvgIpc) is 2.75. The molecule has 4 aromatic rings. The van der Waals surface area contributed by atoms with E-state index in [1.165, 1.54) is 0 Å². The molecule has 0 amide bonds. The molecule has 0 aliphatic heterocycles. The highest BCUT2D eigenvalue weighted by Gasteiger charge is 2.18. The van der Waals surface area contributed by atoms with Crippen LogP contribution in [0.5, 0.6) is 5.75 Å². The zero-order chi connectivity index (χ0) is 19.3. The molecule has 1 aromatic heterocycles. The van der Waals surface area contributed by atoms with Crippen molar-refractivity contribution in [2.75, 3.05) is 12.5 Å². The van der Waals surface area contributed by atoms with Gasteiger partial charge in [0.25, 0.3) is 5.56 Å². The number of rotatable bonds is 5. The van der Waals surface area contributed by atoms with E-state index in [0.29, 0.717) is 28.1 Å². The number of para-hydroxylation sites is 4. The highest BCUT2D eigenvalue weighted by atomic mass is 16.5. The molecule has 0 aliphatic carbocycles. The summed E-state index contributed by atoms with van der Waals surface area (Å²) < 4.78 is 5.48.